The van der Waals surface area contributed by atoms with Crippen LogP contribution in [0, 0.1) is 0 Å². The number of nitrogens with one attached hydrogen (secondary N) is 3. The largest absolute Gasteiger partial charge is 0.492 e. The Balaban J connectivity index is 1.61. The number of anilines is 1. The van der Waals surface area contributed by atoms with Gasteiger partial charge in [0.25, 0.3) is 0 Å². The smallest absolute Gasteiger partial charge is 0.221 e. The highest BCUT2D eigenvalue weighted by Crippen LogP contribution is 2.39. The van der Waals surface area contributed by atoms with Crippen molar-refractivity contribution in [1.82, 2.24) is 10.6 Å². The third-order valence-electron chi connectivity index (χ3n) is 4.82. The first-order valence-corrected chi connectivity index (χ1v) is 10.7. The summed E-state index contributed by atoms with van der Waals surface area (Å²) in [6.07, 6.45) is 0.834. The predicted octanol–water partition coefficient (Wildman–Crippen LogP) is 3.88. The fourth-order valence-electron chi connectivity index (χ4n) is 3.60. The minimum atomic E-state index is -0.259. The Morgan fingerprint density at radius 2 is 2.03 bits per heavy atom. The van der Waals surface area contributed by atoms with Crippen LogP contribution in [-0.2, 0) is 4.79 Å². The van der Waals surface area contributed by atoms with Gasteiger partial charge in [-0.1, -0.05) is 24.3 Å². The molecule has 0 spiro atoms. The molecule has 31 heavy (non-hydrogen) atoms. The second kappa shape index (κ2) is 10.2. The monoisotopic (exact) mass is 424 g/mol. The molecule has 1 heterocycles. The van der Waals surface area contributed by atoms with Crippen LogP contribution in [0.4, 0.5) is 5.69 Å². The minimum absolute atomic E-state index is 0.105. The normalized spacial score (nSPS) is 17.2. The highest BCUT2D eigenvalue weighted by molar-refractivity contribution is 5.88. The van der Waals surface area contributed by atoms with Crippen molar-refractivity contribution in [3.05, 3.63) is 54.1 Å². The number of hydrogen-bond donors (Lipinski definition) is 3. The summed E-state index contributed by atoms with van der Waals surface area (Å²) in [6, 6.07) is 15.6. The van der Waals surface area contributed by atoms with Crippen LogP contribution in [0.2, 0.25) is 0 Å². The molecule has 1 unspecified atom stereocenters. The number of para-hydroxylation sites is 1. The molecule has 0 fully saturated rings. The van der Waals surface area contributed by atoms with Gasteiger partial charge in [0.15, 0.2) is 5.96 Å². The van der Waals surface area contributed by atoms with Crippen molar-refractivity contribution in [3.8, 4) is 11.5 Å². The SMILES string of the molecule is CCNC(=NCCOc1cccc(NC(C)=O)c1)NC1CC(C)(C)Oc2ccccc21. The van der Waals surface area contributed by atoms with Gasteiger partial charge in [0, 0.05) is 37.2 Å². The molecule has 166 valence electrons. The van der Waals surface area contributed by atoms with Crippen LogP contribution in [0.25, 0.3) is 0 Å². The summed E-state index contributed by atoms with van der Waals surface area (Å²) >= 11 is 0. The molecular formula is C24H32N4O3. The number of carbonyl (C=O) groups is 1. The van der Waals surface area contributed by atoms with Crippen molar-refractivity contribution in [2.45, 2.75) is 45.8 Å². The van der Waals surface area contributed by atoms with Gasteiger partial charge in [0.1, 0.15) is 23.7 Å². The van der Waals surface area contributed by atoms with Gasteiger partial charge in [-0.05, 0) is 39.0 Å². The Kier molecular flexibility index (Phi) is 7.39. The van der Waals surface area contributed by atoms with Crippen molar-refractivity contribution in [2.24, 2.45) is 4.99 Å². The number of carbonyl (C=O) groups excluding carboxylic acids is 1. The summed E-state index contributed by atoms with van der Waals surface area (Å²) in [5, 5.41) is 9.62. The summed E-state index contributed by atoms with van der Waals surface area (Å²) in [6.45, 7) is 9.41. The fraction of sp³-hybridized carbons (Fsp3) is 0.417. The Hall–Kier alpha value is -3.22. The maximum absolute atomic E-state index is 11.2. The molecule has 3 rings (SSSR count). The summed E-state index contributed by atoms with van der Waals surface area (Å²) in [4.78, 5) is 15.9. The quantitative estimate of drug-likeness (QED) is 0.357. The molecule has 0 aliphatic carbocycles. The Bertz CT molecular complexity index is 927. The zero-order chi connectivity index (χ0) is 22.3. The number of fused-ring (bicyclic) bond motifs is 1. The van der Waals surface area contributed by atoms with Gasteiger partial charge < -0.3 is 25.4 Å². The molecule has 1 aliphatic heterocycles. The van der Waals surface area contributed by atoms with Gasteiger partial charge in [-0.15, -0.1) is 0 Å². The van der Waals surface area contributed by atoms with E-state index in [-0.39, 0.29) is 17.6 Å². The number of guanidine groups is 1. The van der Waals surface area contributed by atoms with Crippen molar-refractivity contribution in [2.75, 3.05) is 25.0 Å². The van der Waals surface area contributed by atoms with Crippen molar-refractivity contribution in [1.29, 1.82) is 0 Å². The lowest BCUT2D eigenvalue weighted by molar-refractivity contribution is -0.114. The number of rotatable bonds is 7. The number of ether oxygens (including phenoxy) is 2. The zero-order valence-electron chi connectivity index (χ0n) is 18.7. The Morgan fingerprint density at radius 1 is 1.23 bits per heavy atom. The first-order chi connectivity index (χ1) is 14.9. The number of hydrogen-bond acceptors (Lipinski definition) is 4. The number of benzene rings is 2. The molecule has 0 radical (unpaired) electrons. The lowest BCUT2D eigenvalue weighted by atomic mass is 9.90. The fourth-order valence-corrected chi connectivity index (χ4v) is 3.60. The minimum Gasteiger partial charge on any atom is -0.492 e. The van der Waals surface area contributed by atoms with Gasteiger partial charge >= 0.3 is 0 Å². The Labute approximate surface area is 184 Å². The molecule has 3 N–H and O–H groups in total. The summed E-state index contributed by atoms with van der Waals surface area (Å²) in [7, 11) is 0. The van der Waals surface area contributed by atoms with E-state index in [2.05, 4.69) is 40.9 Å². The van der Waals surface area contributed by atoms with E-state index in [0.29, 0.717) is 24.6 Å². The molecule has 1 aliphatic rings. The van der Waals surface area contributed by atoms with E-state index in [9.17, 15) is 4.79 Å². The van der Waals surface area contributed by atoms with Gasteiger partial charge in [0.2, 0.25) is 5.91 Å². The number of aliphatic imine (C=N–C) groups is 1. The third kappa shape index (κ3) is 6.64. The number of amides is 1. The van der Waals surface area contributed by atoms with Gasteiger partial charge in [0.05, 0.1) is 12.6 Å². The standard InChI is InChI=1S/C24H32N4O3/c1-5-25-23(26-13-14-30-19-10-8-9-18(15-19)27-17(2)29)28-21-16-24(3,4)31-22-12-7-6-11-20(21)22/h6-12,15,21H,5,13-14,16H2,1-4H3,(H,27,29)(H2,25,26,28). The number of nitrogens with zero attached hydrogens (tertiary/aromatic N) is 1. The second-order valence-corrected chi connectivity index (χ2v) is 8.12. The van der Waals surface area contributed by atoms with Crippen LogP contribution < -0.4 is 25.4 Å². The summed E-state index contributed by atoms with van der Waals surface area (Å²) < 4.78 is 11.9. The summed E-state index contributed by atoms with van der Waals surface area (Å²) in [5.74, 6) is 2.24. The molecule has 7 nitrogen and oxygen atoms in total. The van der Waals surface area contributed by atoms with E-state index >= 15 is 0 Å². The van der Waals surface area contributed by atoms with Crippen molar-refractivity contribution < 1.29 is 14.3 Å². The first-order valence-electron chi connectivity index (χ1n) is 10.7. The zero-order valence-corrected chi connectivity index (χ0v) is 18.7. The van der Waals surface area contributed by atoms with Crippen molar-refractivity contribution in [3.63, 3.8) is 0 Å². The topological polar surface area (TPSA) is 84.0 Å². The van der Waals surface area contributed by atoms with Crippen LogP contribution in [-0.4, -0.2) is 37.2 Å². The average Bonchev–Trinajstić information content (AvgIpc) is 2.70. The van der Waals surface area contributed by atoms with Crippen molar-refractivity contribution >= 4 is 17.6 Å². The average molecular weight is 425 g/mol. The molecule has 0 saturated heterocycles. The lowest BCUT2D eigenvalue weighted by Crippen LogP contribution is -2.45. The van der Waals surface area contributed by atoms with Gasteiger partial charge in [-0.25, -0.2) is 4.99 Å². The molecule has 2 aromatic carbocycles. The molecule has 0 saturated carbocycles. The van der Waals surface area contributed by atoms with Crippen LogP contribution >= 0.6 is 0 Å². The van der Waals surface area contributed by atoms with E-state index in [1.807, 2.05) is 43.3 Å². The van der Waals surface area contributed by atoms with Crippen LogP contribution in [0.15, 0.2) is 53.5 Å². The van der Waals surface area contributed by atoms with Gasteiger partial charge in [-0.2, -0.15) is 0 Å². The third-order valence-corrected chi connectivity index (χ3v) is 4.82. The molecule has 7 heteroatoms. The maximum atomic E-state index is 11.2. The highest BCUT2D eigenvalue weighted by atomic mass is 16.5. The van der Waals surface area contributed by atoms with E-state index in [4.69, 9.17) is 9.47 Å². The highest BCUT2D eigenvalue weighted by Gasteiger charge is 2.33. The molecule has 1 amide bonds. The van der Waals surface area contributed by atoms with E-state index < -0.39 is 0 Å². The van der Waals surface area contributed by atoms with Crippen LogP contribution in [0.1, 0.15) is 45.7 Å². The van der Waals surface area contributed by atoms with Crippen LogP contribution in [0.5, 0.6) is 11.5 Å². The molecule has 1 atom stereocenters. The molecule has 0 bridgehead atoms. The second-order valence-electron chi connectivity index (χ2n) is 8.12. The molecule has 2 aromatic rings. The van der Waals surface area contributed by atoms with Crippen LogP contribution in [0.3, 0.4) is 0 Å². The summed E-state index contributed by atoms with van der Waals surface area (Å²) in [5.41, 5.74) is 1.59. The Morgan fingerprint density at radius 3 is 2.81 bits per heavy atom. The van der Waals surface area contributed by atoms with E-state index in [0.717, 1.165) is 30.2 Å². The van der Waals surface area contributed by atoms with Gasteiger partial charge in [-0.3, -0.25) is 4.79 Å². The maximum Gasteiger partial charge on any atom is 0.221 e. The first kappa shape index (κ1) is 22.5. The van der Waals surface area contributed by atoms with E-state index in [1.165, 1.54) is 6.92 Å². The lowest BCUT2D eigenvalue weighted by Gasteiger charge is -2.38. The van der Waals surface area contributed by atoms with E-state index in [1.54, 1.807) is 6.07 Å². The molecule has 0 aromatic heterocycles. The predicted molar refractivity (Wildman–Crippen MR) is 124 cm³/mol. The molecular weight excluding hydrogens is 392 g/mol.